The van der Waals surface area contributed by atoms with Crippen molar-refractivity contribution in [3.63, 3.8) is 0 Å². The van der Waals surface area contributed by atoms with Crippen molar-refractivity contribution in [1.82, 2.24) is 0 Å². The zero-order chi connectivity index (χ0) is 15.9. The topological polar surface area (TPSA) is 79.1 Å². The zero-order valence-electron chi connectivity index (χ0n) is 12.1. The molecular formula is C17H17NO4. The first-order valence-corrected chi connectivity index (χ1v) is 6.76. The number of ether oxygens (including phenoxy) is 1. The quantitative estimate of drug-likeness (QED) is 0.656. The molecule has 0 heterocycles. The standard InChI is InChI=1S/C17H17NO4/c1-22-17(21)16(10-12-2-6-14(19)7-3-12)18-11-13-4-8-15(20)9-5-13/h2-9,11,16,19-20H,10H2,1H3/t16-/m1/s1. The highest BCUT2D eigenvalue weighted by molar-refractivity contribution is 5.84. The molecule has 0 radical (unpaired) electrons. The average Bonchev–Trinajstić information content (AvgIpc) is 2.54. The number of carbonyl (C=O) groups is 1. The van der Waals surface area contributed by atoms with Gasteiger partial charge in [-0.05, 0) is 47.5 Å². The van der Waals surface area contributed by atoms with Gasteiger partial charge in [-0.25, -0.2) is 4.79 Å². The summed E-state index contributed by atoms with van der Waals surface area (Å²) < 4.78 is 4.77. The number of carbonyl (C=O) groups excluding carboxylic acids is 1. The van der Waals surface area contributed by atoms with Crippen LogP contribution in [0.3, 0.4) is 0 Å². The fourth-order valence-corrected chi connectivity index (χ4v) is 1.92. The number of benzene rings is 2. The maximum Gasteiger partial charge on any atom is 0.330 e. The number of hydrogen-bond donors (Lipinski definition) is 2. The Balaban J connectivity index is 2.13. The molecule has 0 amide bonds. The second kappa shape index (κ2) is 7.26. The number of aliphatic imine (C=N–C) groups is 1. The summed E-state index contributed by atoms with van der Waals surface area (Å²) in [4.78, 5) is 16.1. The maximum absolute atomic E-state index is 11.8. The summed E-state index contributed by atoms with van der Waals surface area (Å²) in [6.45, 7) is 0. The van der Waals surface area contributed by atoms with Gasteiger partial charge < -0.3 is 14.9 Å². The van der Waals surface area contributed by atoms with E-state index in [1.54, 1.807) is 54.7 Å². The summed E-state index contributed by atoms with van der Waals surface area (Å²) in [7, 11) is 1.32. The number of aromatic hydroxyl groups is 2. The van der Waals surface area contributed by atoms with Gasteiger partial charge in [0.25, 0.3) is 0 Å². The van der Waals surface area contributed by atoms with Crippen molar-refractivity contribution in [3.05, 3.63) is 59.7 Å². The predicted octanol–water partition coefficient (Wildman–Crippen LogP) is 2.30. The van der Waals surface area contributed by atoms with Crippen LogP contribution >= 0.6 is 0 Å². The van der Waals surface area contributed by atoms with Crippen LogP contribution in [0.1, 0.15) is 11.1 Å². The first-order chi connectivity index (χ1) is 10.6. The molecule has 0 unspecified atom stereocenters. The molecule has 2 rings (SSSR count). The number of methoxy groups -OCH3 is 1. The Kier molecular flexibility index (Phi) is 5.14. The molecule has 0 saturated heterocycles. The summed E-state index contributed by atoms with van der Waals surface area (Å²) >= 11 is 0. The molecule has 1 atom stereocenters. The molecule has 5 heteroatoms. The van der Waals surface area contributed by atoms with Gasteiger partial charge in [0.1, 0.15) is 11.5 Å². The molecule has 0 fully saturated rings. The minimum Gasteiger partial charge on any atom is -0.508 e. The van der Waals surface area contributed by atoms with Gasteiger partial charge in [-0.2, -0.15) is 0 Å². The molecule has 0 spiro atoms. The molecule has 114 valence electrons. The smallest absolute Gasteiger partial charge is 0.330 e. The van der Waals surface area contributed by atoms with E-state index < -0.39 is 12.0 Å². The number of hydrogen-bond acceptors (Lipinski definition) is 5. The van der Waals surface area contributed by atoms with E-state index in [0.29, 0.717) is 6.42 Å². The number of phenolic OH excluding ortho intramolecular Hbond substituents is 2. The first-order valence-electron chi connectivity index (χ1n) is 6.76. The van der Waals surface area contributed by atoms with Gasteiger partial charge in [0.05, 0.1) is 7.11 Å². The second-order valence-electron chi connectivity index (χ2n) is 4.78. The van der Waals surface area contributed by atoms with E-state index in [-0.39, 0.29) is 11.5 Å². The molecule has 0 aromatic heterocycles. The lowest BCUT2D eigenvalue weighted by atomic mass is 10.1. The molecule has 0 aliphatic heterocycles. The van der Waals surface area contributed by atoms with Crippen molar-refractivity contribution in [2.45, 2.75) is 12.5 Å². The molecule has 0 aliphatic carbocycles. The highest BCUT2D eigenvalue weighted by Crippen LogP contribution is 2.14. The Morgan fingerprint density at radius 2 is 1.64 bits per heavy atom. The van der Waals surface area contributed by atoms with Gasteiger partial charge >= 0.3 is 5.97 Å². The van der Waals surface area contributed by atoms with Gasteiger partial charge in [-0.3, -0.25) is 4.99 Å². The summed E-state index contributed by atoms with van der Waals surface area (Å²) in [6.07, 6.45) is 1.95. The lowest BCUT2D eigenvalue weighted by Crippen LogP contribution is -2.23. The lowest BCUT2D eigenvalue weighted by Gasteiger charge is -2.10. The summed E-state index contributed by atoms with van der Waals surface area (Å²) in [5.74, 6) is -0.0835. The van der Waals surface area contributed by atoms with Crippen molar-refractivity contribution in [2.24, 2.45) is 4.99 Å². The van der Waals surface area contributed by atoms with Crippen LogP contribution in [0.4, 0.5) is 0 Å². The van der Waals surface area contributed by atoms with Crippen LogP contribution in [0, 0.1) is 0 Å². The number of rotatable bonds is 5. The third kappa shape index (κ3) is 4.34. The molecule has 2 aromatic rings. The molecule has 22 heavy (non-hydrogen) atoms. The third-order valence-electron chi connectivity index (χ3n) is 3.14. The van der Waals surface area contributed by atoms with Crippen LogP contribution in [0.5, 0.6) is 11.5 Å². The molecule has 0 bridgehead atoms. The Morgan fingerprint density at radius 3 is 2.18 bits per heavy atom. The number of esters is 1. The predicted molar refractivity (Wildman–Crippen MR) is 83.3 cm³/mol. The van der Waals surface area contributed by atoms with Crippen molar-refractivity contribution in [3.8, 4) is 11.5 Å². The maximum atomic E-state index is 11.8. The monoisotopic (exact) mass is 299 g/mol. The van der Waals surface area contributed by atoms with E-state index in [1.807, 2.05) is 0 Å². The third-order valence-corrected chi connectivity index (χ3v) is 3.14. The van der Waals surface area contributed by atoms with Crippen LogP contribution in [0.15, 0.2) is 53.5 Å². The van der Waals surface area contributed by atoms with E-state index in [4.69, 9.17) is 4.74 Å². The van der Waals surface area contributed by atoms with E-state index >= 15 is 0 Å². The van der Waals surface area contributed by atoms with Gasteiger partial charge in [0, 0.05) is 12.6 Å². The summed E-state index contributed by atoms with van der Waals surface area (Å²) in [5.41, 5.74) is 1.65. The Bertz CT molecular complexity index is 647. The SMILES string of the molecule is COC(=O)[C@@H](Cc1ccc(O)cc1)N=Cc1ccc(O)cc1. The molecule has 2 aromatic carbocycles. The molecule has 2 N–H and O–H groups in total. The molecule has 0 aliphatic rings. The van der Waals surface area contributed by atoms with Crippen LogP contribution in [0.2, 0.25) is 0 Å². The number of nitrogens with zero attached hydrogens (tertiary/aromatic N) is 1. The van der Waals surface area contributed by atoms with Crippen molar-refractivity contribution >= 4 is 12.2 Å². The van der Waals surface area contributed by atoms with Crippen LogP contribution in [0.25, 0.3) is 0 Å². The van der Waals surface area contributed by atoms with Crippen LogP contribution in [-0.4, -0.2) is 35.5 Å². The lowest BCUT2D eigenvalue weighted by molar-refractivity contribution is -0.142. The van der Waals surface area contributed by atoms with Crippen molar-refractivity contribution in [2.75, 3.05) is 7.11 Å². The summed E-state index contributed by atoms with van der Waals surface area (Å²) in [5, 5.41) is 18.5. The summed E-state index contributed by atoms with van der Waals surface area (Å²) in [6, 6.07) is 12.4. The van der Waals surface area contributed by atoms with Gasteiger partial charge in [0.15, 0.2) is 6.04 Å². The average molecular weight is 299 g/mol. The largest absolute Gasteiger partial charge is 0.508 e. The van der Waals surface area contributed by atoms with Crippen molar-refractivity contribution < 1.29 is 19.7 Å². The fourth-order valence-electron chi connectivity index (χ4n) is 1.92. The highest BCUT2D eigenvalue weighted by atomic mass is 16.5. The Morgan fingerprint density at radius 1 is 1.09 bits per heavy atom. The second-order valence-corrected chi connectivity index (χ2v) is 4.78. The Labute approximate surface area is 128 Å². The van der Waals surface area contributed by atoms with E-state index in [1.165, 1.54) is 7.11 Å². The Hall–Kier alpha value is -2.82. The van der Waals surface area contributed by atoms with Crippen LogP contribution < -0.4 is 0 Å². The van der Waals surface area contributed by atoms with Crippen molar-refractivity contribution in [1.29, 1.82) is 0 Å². The van der Waals surface area contributed by atoms with E-state index in [2.05, 4.69) is 4.99 Å². The van der Waals surface area contributed by atoms with Gasteiger partial charge in [0.2, 0.25) is 0 Å². The normalized spacial score (nSPS) is 12.2. The van der Waals surface area contributed by atoms with E-state index in [0.717, 1.165) is 11.1 Å². The van der Waals surface area contributed by atoms with Gasteiger partial charge in [-0.1, -0.05) is 12.1 Å². The fraction of sp³-hybridized carbons (Fsp3) is 0.176. The first kappa shape index (κ1) is 15.6. The molecule has 5 nitrogen and oxygen atoms in total. The van der Waals surface area contributed by atoms with E-state index in [9.17, 15) is 15.0 Å². The molecular weight excluding hydrogens is 282 g/mol. The number of phenols is 2. The molecule has 0 saturated carbocycles. The minimum absolute atomic E-state index is 0.172. The van der Waals surface area contributed by atoms with Crippen LogP contribution in [-0.2, 0) is 16.0 Å². The zero-order valence-corrected chi connectivity index (χ0v) is 12.1. The van der Waals surface area contributed by atoms with Gasteiger partial charge in [-0.15, -0.1) is 0 Å². The highest BCUT2D eigenvalue weighted by Gasteiger charge is 2.18. The minimum atomic E-state index is -0.664.